The summed E-state index contributed by atoms with van der Waals surface area (Å²) in [7, 11) is -4.20. The maximum absolute atomic E-state index is 14.6. The lowest BCUT2D eigenvalue weighted by Crippen LogP contribution is -2.39. The topological polar surface area (TPSA) is 140 Å². The second-order valence-corrected chi connectivity index (χ2v) is 13.7. The number of ether oxygens (including phenoxy) is 2. The molecule has 3 atom stereocenters. The molecule has 3 N–H and O–H groups in total. The molecule has 0 fully saturated rings. The van der Waals surface area contributed by atoms with E-state index in [-0.39, 0.29) is 19.3 Å². The van der Waals surface area contributed by atoms with Crippen molar-refractivity contribution in [3.05, 3.63) is 72.6 Å². The molecule has 5 rings (SSSR count). The second kappa shape index (κ2) is 13.8. The molecule has 244 valence electrons. The summed E-state index contributed by atoms with van der Waals surface area (Å²) in [6.45, 7) is 11.5. The summed E-state index contributed by atoms with van der Waals surface area (Å²) < 4.78 is 40.4. The van der Waals surface area contributed by atoms with Crippen molar-refractivity contribution in [1.29, 1.82) is 0 Å². The first-order valence-corrected chi connectivity index (χ1v) is 17.0. The molecule has 0 aliphatic carbocycles. The molecule has 3 aromatic carbocycles. The van der Waals surface area contributed by atoms with Gasteiger partial charge in [0.15, 0.2) is 5.82 Å². The summed E-state index contributed by atoms with van der Waals surface area (Å²) in [5.41, 5.74) is 7.73. The van der Waals surface area contributed by atoms with Crippen LogP contribution >= 0.6 is 7.75 Å². The number of para-hydroxylation sites is 1. The summed E-state index contributed by atoms with van der Waals surface area (Å²) in [5.74, 6) is 0.711. The second-order valence-electron chi connectivity index (χ2n) is 12.1. The highest BCUT2D eigenvalue weighted by Gasteiger charge is 2.35. The van der Waals surface area contributed by atoms with Crippen LogP contribution in [0.25, 0.3) is 32.7 Å². The normalized spacial score (nSPS) is 14.7. The Morgan fingerprint density at radius 1 is 1.00 bits per heavy atom. The predicted molar refractivity (Wildman–Crippen MR) is 181 cm³/mol. The lowest BCUT2D eigenvalue weighted by Gasteiger charge is -2.28. The highest BCUT2D eigenvalue weighted by Crippen LogP contribution is 2.48. The van der Waals surface area contributed by atoms with Gasteiger partial charge < -0.3 is 24.3 Å². The first-order valence-electron chi connectivity index (χ1n) is 15.5. The van der Waals surface area contributed by atoms with Crippen LogP contribution in [0.2, 0.25) is 0 Å². The van der Waals surface area contributed by atoms with E-state index in [9.17, 15) is 9.36 Å². The van der Waals surface area contributed by atoms with Gasteiger partial charge in [-0.2, -0.15) is 5.09 Å². The molecule has 2 aromatic heterocycles. The zero-order valence-electron chi connectivity index (χ0n) is 27.1. The summed E-state index contributed by atoms with van der Waals surface area (Å²) in [6.07, 6.45) is 0.580. The maximum atomic E-state index is 14.6. The first-order chi connectivity index (χ1) is 21.9. The Balaban J connectivity index is 1.54. The number of rotatable bonds is 13. The van der Waals surface area contributed by atoms with Crippen LogP contribution in [0.1, 0.15) is 59.8 Å². The van der Waals surface area contributed by atoms with Crippen LogP contribution in [-0.2, 0) is 30.0 Å². The quantitative estimate of drug-likeness (QED) is 0.0986. The molecule has 0 saturated carbocycles. The number of fused-ring (bicyclic) bond motifs is 4. The van der Waals surface area contributed by atoms with Crippen LogP contribution in [0.4, 0.5) is 5.82 Å². The van der Waals surface area contributed by atoms with Crippen molar-refractivity contribution < 1.29 is 27.9 Å². The van der Waals surface area contributed by atoms with E-state index >= 15 is 0 Å². The van der Waals surface area contributed by atoms with Crippen molar-refractivity contribution in [2.45, 2.75) is 72.3 Å². The van der Waals surface area contributed by atoms with Crippen molar-refractivity contribution in [1.82, 2.24) is 19.6 Å². The molecular formula is C34H42N5O6P. The van der Waals surface area contributed by atoms with E-state index in [0.29, 0.717) is 35.9 Å². The number of nitrogens with two attached hydrogens (primary N) is 1. The van der Waals surface area contributed by atoms with E-state index < -0.39 is 25.4 Å². The number of hydrogen-bond donors (Lipinski definition) is 2. The summed E-state index contributed by atoms with van der Waals surface area (Å²) >= 11 is 0. The molecule has 0 bridgehead atoms. The number of nitrogens with one attached hydrogen (secondary N) is 1. The van der Waals surface area contributed by atoms with E-state index in [4.69, 9.17) is 29.2 Å². The minimum atomic E-state index is -4.20. The number of nitrogen functional groups attached to an aromatic ring is 1. The van der Waals surface area contributed by atoms with E-state index in [1.54, 1.807) is 33.8 Å². The smallest absolute Gasteiger partial charge is 0.459 e. The van der Waals surface area contributed by atoms with Crippen molar-refractivity contribution in [3.8, 4) is 5.75 Å². The number of nitrogens with zero attached hydrogens (tertiary/aromatic N) is 3. The molecule has 0 spiro atoms. The number of benzene rings is 3. The number of pyridine rings is 1. The average Bonchev–Trinajstić information content (AvgIpc) is 3.40. The Morgan fingerprint density at radius 3 is 2.41 bits per heavy atom. The van der Waals surface area contributed by atoms with Gasteiger partial charge in [-0.3, -0.25) is 9.32 Å². The van der Waals surface area contributed by atoms with E-state index in [2.05, 4.69) is 10.1 Å². The van der Waals surface area contributed by atoms with E-state index in [1.165, 1.54) is 0 Å². The number of carbonyl (C=O) groups excluding carboxylic acids is 1. The number of hydrogen-bond acceptors (Lipinski definition) is 9. The third kappa shape index (κ3) is 7.34. The zero-order valence-corrected chi connectivity index (χ0v) is 28.0. The molecule has 0 aliphatic heterocycles. The van der Waals surface area contributed by atoms with Crippen molar-refractivity contribution in [2.24, 2.45) is 0 Å². The molecule has 0 aliphatic rings. The van der Waals surface area contributed by atoms with E-state index in [0.717, 1.165) is 27.2 Å². The minimum Gasteiger partial charge on any atom is -0.459 e. The molecule has 0 radical (unpaired) electrons. The highest BCUT2D eigenvalue weighted by molar-refractivity contribution is 7.52. The Morgan fingerprint density at radius 2 is 1.70 bits per heavy atom. The number of aromatic nitrogens is 3. The van der Waals surface area contributed by atoms with Crippen molar-refractivity contribution in [3.63, 3.8) is 0 Å². The molecule has 12 heteroatoms. The van der Waals surface area contributed by atoms with Gasteiger partial charge in [-0.25, -0.2) is 14.5 Å². The van der Waals surface area contributed by atoms with Gasteiger partial charge in [0.1, 0.15) is 35.3 Å². The molecule has 0 amide bonds. The lowest BCUT2D eigenvalue weighted by molar-refractivity contribution is -0.156. The van der Waals surface area contributed by atoms with Crippen LogP contribution in [0.5, 0.6) is 5.75 Å². The Hall–Kier alpha value is -4.02. The molecule has 2 heterocycles. The van der Waals surface area contributed by atoms with Gasteiger partial charge in [-0.15, -0.1) is 0 Å². The Kier molecular flexibility index (Phi) is 9.98. The fraction of sp³-hybridized carbons (Fsp3) is 0.382. The fourth-order valence-electron chi connectivity index (χ4n) is 5.29. The first kappa shape index (κ1) is 33.3. The van der Waals surface area contributed by atoms with Gasteiger partial charge in [-0.1, -0.05) is 61.5 Å². The fourth-order valence-corrected chi connectivity index (χ4v) is 6.84. The summed E-state index contributed by atoms with van der Waals surface area (Å²) in [4.78, 5) is 22.4. The Labute approximate surface area is 269 Å². The highest BCUT2D eigenvalue weighted by atomic mass is 31.2. The number of carbonyl (C=O) groups is 1. The predicted octanol–water partition coefficient (Wildman–Crippen LogP) is 7.33. The van der Waals surface area contributed by atoms with Gasteiger partial charge in [0.05, 0.1) is 23.7 Å². The lowest BCUT2D eigenvalue weighted by atomic mass is 10.1. The monoisotopic (exact) mass is 647 g/mol. The van der Waals surface area contributed by atoms with Gasteiger partial charge in [0.25, 0.3) is 0 Å². The molecule has 46 heavy (non-hydrogen) atoms. The third-order valence-electron chi connectivity index (χ3n) is 7.42. The zero-order chi connectivity index (χ0) is 33.1. The molecular weight excluding hydrogens is 605 g/mol. The summed E-state index contributed by atoms with van der Waals surface area (Å²) in [5, 5.41) is 5.36. The number of anilines is 1. The van der Waals surface area contributed by atoms with Crippen LogP contribution in [0.15, 0.2) is 66.7 Å². The number of esters is 1. The van der Waals surface area contributed by atoms with Crippen LogP contribution in [0, 0.1) is 0 Å². The average molecular weight is 648 g/mol. The van der Waals surface area contributed by atoms with Gasteiger partial charge >= 0.3 is 13.7 Å². The molecule has 11 nitrogen and oxygen atoms in total. The standard InChI is InChI=1S/C34H42N5O6P/c1-7-24(39-29(21-42-8-2)37-30-31(39)26-17-11-12-18-27(26)36-32(30)35)20-43-46(41,38-22(3)33(40)44-34(4,5)6)45-28-19-13-15-23-14-9-10-16-25(23)28/h9-19,22,24H,7-8,20-21H2,1-6H3,(H2,35,36)(H,38,41)/t22-,24+,46?/m0/s1. The van der Waals surface area contributed by atoms with Crippen LogP contribution < -0.4 is 15.3 Å². The van der Waals surface area contributed by atoms with Crippen LogP contribution in [-0.4, -0.2) is 45.4 Å². The maximum Gasteiger partial charge on any atom is 0.459 e. The van der Waals surface area contributed by atoms with Gasteiger partial charge in [0, 0.05) is 17.4 Å². The SMILES string of the molecule is CCOCc1nc2c(N)nc3ccccc3c2n1[C@H](CC)COP(=O)(N[C@@H](C)C(=O)OC(C)(C)C)Oc1cccc2ccccc12. The van der Waals surface area contributed by atoms with Crippen molar-refractivity contribution >= 4 is 52.2 Å². The van der Waals surface area contributed by atoms with Crippen molar-refractivity contribution in [2.75, 3.05) is 18.9 Å². The van der Waals surface area contributed by atoms with Gasteiger partial charge in [0.2, 0.25) is 0 Å². The summed E-state index contributed by atoms with van der Waals surface area (Å²) in [6, 6.07) is 19.4. The van der Waals surface area contributed by atoms with Crippen LogP contribution in [0.3, 0.4) is 0 Å². The van der Waals surface area contributed by atoms with E-state index in [1.807, 2.05) is 79.1 Å². The number of imidazole rings is 1. The minimum absolute atomic E-state index is 0.0479. The van der Waals surface area contributed by atoms with Gasteiger partial charge in [-0.05, 0) is 58.6 Å². The Bertz CT molecular complexity index is 1900. The molecule has 0 saturated heterocycles. The molecule has 1 unspecified atom stereocenters. The molecule has 5 aromatic rings. The third-order valence-corrected chi connectivity index (χ3v) is 9.05. The largest absolute Gasteiger partial charge is 0.459 e.